The van der Waals surface area contributed by atoms with Crippen LogP contribution in [0.15, 0.2) is 0 Å². The first kappa shape index (κ1) is 11.4. The lowest BCUT2D eigenvalue weighted by atomic mass is 9.89. The molecular formula is C11H18N2O3. The quantitative estimate of drug-likeness (QED) is 0.719. The Labute approximate surface area is 94.6 Å². The van der Waals surface area contributed by atoms with Gasteiger partial charge in [-0.1, -0.05) is 0 Å². The van der Waals surface area contributed by atoms with Crippen LogP contribution in [0.2, 0.25) is 0 Å². The Morgan fingerprint density at radius 2 is 2.19 bits per heavy atom. The van der Waals surface area contributed by atoms with Gasteiger partial charge in [-0.25, -0.2) is 0 Å². The van der Waals surface area contributed by atoms with E-state index in [-0.39, 0.29) is 30.0 Å². The Kier molecular flexibility index (Phi) is 2.88. The maximum absolute atomic E-state index is 11.9. The molecule has 2 aliphatic rings. The van der Waals surface area contributed by atoms with Crippen LogP contribution in [-0.2, 0) is 9.59 Å². The summed E-state index contributed by atoms with van der Waals surface area (Å²) in [6, 6.07) is -0.109. The van der Waals surface area contributed by atoms with Crippen LogP contribution < -0.4 is 5.73 Å². The SMILES string of the molecule is CC(N)CC(=O)N1C2CCC1C(C(=O)O)C2. The first-order valence-electron chi connectivity index (χ1n) is 5.80. The molecule has 2 fully saturated rings. The number of amides is 1. The van der Waals surface area contributed by atoms with Crippen molar-refractivity contribution in [2.45, 2.75) is 50.7 Å². The standard InChI is InChI=1S/C11H18N2O3/c1-6(12)4-10(14)13-7-2-3-9(13)8(5-7)11(15)16/h6-9H,2-5,12H2,1H3,(H,15,16). The molecule has 4 atom stereocenters. The van der Waals surface area contributed by atoms with E-state index in [0.717, 1.165) is 12.8 Å². The minimum Gasteiger partial charge on any atom is -0.481 e. The fourth-order valence-corrected chi connectivity index (χ4v) is 3.02. The van der Waals surface area contributed by atoms with Crippen LogP contribution in [0.25, 0.3) is 0 Å². The van der Waals surface area contributed by atoms with E-state index < -0.39 is 5.97 Å². The number of rotatable bonds is 3. The highest BCUT2D eigenvalue weighted by Crippen LogP contribution is 2.42. The van der Waals surface area contributed by atoms with Gasteiger partial charge in [0.05, 0.1) is 5.92 Å². The third-order valence-electron chi connectivity index (χ3n) is 3.64. The molecule has 0 aromatic carbocycles. The molecule has 16 heavy (non-hydrogen) atoms. The Hall–Kier alpha value is -1.10. The number of nitrogens with two attached hydrogens (primary N) is 1. The predicted octanol–water partition coefficient (Wildman–Crippen LogP) is 0.188. The van der Waals surface area contributed by atoms with Crippen molar-refractivity contribution in [1.29, 1.82) is 0 Å². The minimum atomic E-state index is -0.772. The lowest BCUT2D eigenvalue weighted by Crippen LogP contribution is -2.40. The highest BCUT2D eigenvalue weighted by molar-refractivity contribution is 5.81. The molecular weight excluding hydrogens is 208 g/mol. The van der Waals surface area contributed by atoms with Gasteiger partial charge in [-0.3, -0.25) is 9.59 Å². The van der Waals surface area contributed by atoms with Crippen LogP contribution in [0.5, 0.6) is 0 Å². The first-order chi connectivity index (χ1) is 7.50. The molecule has 2 heterocycles. The van der Waals surface area contributed by atoms with E-state index in [0.29, 0.717) is 12.8 Å². The number of hydrogen-bond acceptors (Lipinski definition) is 3. The smallest absolute Gasteiger partial charge is 0.308 e. The second-order valence-electron chi connectivity index (χ2n) is 4.96. The summed E-state index contributed by atoms with van der Waals surface area (Å²) in [6.07, 6.45) is 2.70. The summed E-state index contributed by atoms with van der Waals surface area (Å²) in [5.41, 5.74) is 5.60. The topological polar surface area (TPSA) is 83.6 Å². The Bertz CT molecular complexity index is 316. The maximum Gasteiger partial charge on any atom is 0.308 e. The van der Waals surface area contributed by atoms with Crippen molar-refractivity contribution >= 4 is 11.9 Å². The van der Waals surface area contributed by atoms with Gasteiger partial charge >= 0.3 is 5.97 Å². The molecule has 1 amide bonds. The van der Waals surface area contributed by atoms with Gasteiger partial charge < -0.3 is 15.7 Å². The molecule has 2 saturated heterocycles. The normalized spacial score (nSPS) is 34.1. The number of carboxylic acid groups (broad SMARTS) is 1. The molecule has 0 aromatic heterocycles. The average Bonchev–Trinajstić information content (AvgIpc) is 2.72. The van der Waals surface area contributed by atoms with Crippen LogP contribution in [0.3, 0.4) is 0 Å². The summed E-state index contributed by atoms with van der Waals surface area (Å²) < 4.78 is 0. The zero-order valence-electron chi connectivity index (χ0n) is 9.43. The summed E-state index contributed by atoms with van der Waals surface area (Å²) in [6.45, 7) is 1.80. The van der Waals surface area contributed by atoms with Crippen molar-refractivity contribution in [3.63, 3.8) is 0 Å². The zero-order chi connectivity index (χ0) is 11.9. The third kappa shape index (κ3) is 1.80. The molecule has 2 rings (SSSR count). The Morgan fingerprint density at radius 3 is 2.69 bits per heavy atom. The number of carboxylic acids is 1. The van der Waals surface area contributed by atoms with Crippen LogP contribution >= 0.6 is 0 Å². The molecule has 4 unspecified atom stereocenters. The summed E-state index contributed by atoms with van der Waals surface area (Å²) in [5, 5.41) is 9.05. The van der Waals surface area contributed by atoms with Crippen molar-refractivity contribution in [1.82, 2.24) is 4.90 Å². The van der Waals surface area contributed by atoms with E-state index in [2.05, 4.69) is 0 Å². The van der Waals surface area contributed by atoms with Gasteiger partial charge in [-0.15, -0.1) is 0 Å². The highest BCUT2D eigenvalue weighted by atomic mass is 16.4. The zero-order valence-corrected chi connectivity index (χ0v) is 9.43. The average molecular weight is 226 g/mol. The van der Waals surface area contributed by atoms with Crippen molar-refractivity contribution in [2.24, 2.45) is 11.7 Å². The van der Waals surface area contributed by atoms with E-state index in [1.807, 2.05) is 0 Å². The molecule has 0 aliphatic carbocycles. The predicted molar refractivity (Wildman–Crippen MR) is 57.7 cm³/mol. The lowest BCUT2D eigenvalue weighted by Gasteiger charge is -2.23. The van der Waals surface area contributed by atoms with Gasteiger partial charge in [0.15, 0.2) is 0 Å². The minimum absolute atomic E-state index is 0.0197. The Morgan fingerprint density at radius 1 is 1.50 bits per heavy atom. The molecule has 5 nitrogen and oxygen atoms in total. The number of carbonyl (C=O) groups is 2. The van der Waals surface area contributed by atoms with E-state index in [1.54, 1.807) is 11.8 Å². The third-order valence-corrected chi connectivity index (χ3v) is 3.64. The molecule has 3 N–H and O–H groups in total. The molecule has 90 valence electrons. The van der Waals surface area contributed by atoms with Crippen molar-refractivity contribution in [3.8, 4) is 0 Å². The number of fused-ring (bicyclic) bond motifs is 2. The largest absolute Gasteiger partial charge is 0.481 e. The van der Waals surface area contributed by atoms with Crippen molar-refractivity contribution < 1.29 is 14.7 Å². The van der Waals surface area contributed by atoms with Gasteiger partial charge in [0, 0.05) is 24.5 Å². The van der Waals surface area contributed by atoms with Crippen molar-refractivity contribution in [2.75, 3.05) is 0 Å². The number of carbonyl (C=O) groups excluding carboxylic acids is 1. The van der Waals surface area contributed by atoms with E-state index in [4.69, 9.17) is 10.8 Å². The summed E-state index contributed by atoms with van der Waals surface area (Å²) in [7, 11) is 0. The van der Waals surface area contributed by atoms with Gasteiger partial charge in [0.25, 0.3) is 0 Å². The van der Waals surface area contributed by atoms with E-state index in [9.17, 15) is 9.59 Å². The fraction of sp³-hybridized carbons (Fsp3) is 0.818. The Balaban J connectivity index is 2.07. The van der Waals surface area contributed by atoms with E-state index in [1.165, 1.54) is 0 Å². The van der Waals surface area contributed by atoms with Gasteiger partial charge in [-0.05, 0) is 26.2 Å². The molecule has 5 heteroatoms. The fourth-order valence-electron chi connectivity index (χ4n) is 3.02. The highest BCUT2D eigenvalue weighted by Gasteiger charge is 2.50. The maximum atomic E-state index is 11.9. The van der Waals surface area contributed by atoms with Crippen LogP contribution in [0.4, 0.5) is 0 Å². The second-order valence-corrected chi connectivity index (χ2v) is 4.96. The van der Waals surface area contributed by atoms with Gasteiger partial charge in [0.1, 0.15) is 0 Å². The molecule has 2 bridgehead atoms. The first-order valence-corrected chi connectivity index (χ1v) is 5.80. The van der Waals surface area contributed by atoms with Crippen molar-refractivity contribution in [3.05, 3.63) is 0 Å². The number of hydrogen-bond donors (Lipinski definition) is 2. The number of aliphatic carboxylic acids is 1. The molecule has 0 spiro atoms. The number of nitrogens with zero attached hydrogens (tertiary/aromatic N) is 1. The molecule has 0 saturated carbocycles. The van der Waals surface area contributed by atoms with Gasteiger partial charge in [0.2, 0.25) is 5.91 Å². The summed E-state index contributed by atoms with van der Waals surface area (Å²) >= 11 is 0. The van der Waals surface area contributed by atoms with Crippen LogP contribution in [0.1, 0.15) is 32.6 Å². The summed E-state index contributed by atoms with van der Waals surface area (Å²) in [4.78, 5) is 24.7. The van der Waals surface area contributed by atoms with E-state index >= 15 is 0 Å². The molecule has 2 aliphatic heterocycles. The monoisotopic (exact) mass is 226 g/mol. The summed E-state index contributed by atoms with van der Waals surface area (Å²) in [5.74, 6) is -1.12. The molecule has 0 aromatic rings. The molecule has 0 radical (unpaired) electrons. The van der Waals surface area contributed by atoms with Crippen LogP contribution in [-0.4, -0.2) is 40.0 Å². The van der Waals surface area contributed by atoms with Gasteiger partial charge in [-0.2, -0.15) is 0 Å². The lowest BCUT2D eigenvalue weighted by molar-refractivity contribution is -0.143. The van der Waals surface area contributed by atoms with Crippen LogP contribution in [0, 0.1) is 5.92 Å². The second kappa shape index (κ2) is 4.05.